The van der Waals surface area contributed by atoms with E-state index in [0.29, 0.717) is 29.0 Å². The molecule has 2 aliphatic carbocycles. The SMILES string of the molecule is COc1ccc(N(CC(=O)N[C@@H]2C[C@@H]3CC[C@@H]2C3)S(=O)(=O)c2ccccc2)cc1OC. The van der Waals surface area contributed by atoms with Crippen molar-refractivity contribution in [2.45, 2.75) is 36.6 Å². The molecule has 0 aromatic heterocycles. The van der Waals surface area contributed by atoms with E-state index in [0.717, 1.165) is 23.6 Å². The number of amides is 1. The molecule has 1 amide bonds. The van der Waals surface area contributed by atoms with Crippen LogP contribution in [0, 0.1) is 11.8 Å². The molecule has 0 spiro atoms. The number of hydrogen-bond donors (Lipinski definition) is 1. The van der Waals surface area contributed by atoms with Crippen molar-refractivity contribution in [3.05, 3.63) is 48.5 Å². The lowest BCUT2D eigenvalue weighted by Crippen LogP contribution is -2.46. The number of fused-ring (bicyclic) bond motifs is 2. The standard InChI is InChI=1S/C23H28N2O5S/c1-29-21-11-10-18(14-22(21)30-2)25(31(27,28)19-6-4-3-5-7-19)15-23(26)24-20-13-16-8-9-17(20)12-16/h3-7,10-11,14,16-17,20H,8-9,12-13,15H2,1-2H3,(H,24,26)/t16-,17-,20-/m1/s1. The summed E-state index contributed by atoms with van der Waals surface area (Å²) < 4.78 is 38.7. The van der Waals surface area contributed by atoms with E-state index in [1.807, 2.05) is 0 Å². The molecule has 2 aliphatic rings. The zero-order valence-electron chi connectivity index (χ0n) is 17.8. The van der Waals surface area contributed by atoms with Crippen molar-refractivity contribution in [3.63, 3.8) is 0 Å². The van der Waals surface area contributed by atoms with E-state index in [-0.39, 0.29) is 23.4 Å². The average Bonchev–Trinajstić information content (AvgIpc) is 3.41. The first kappa shape index (κ1) is 21.5. The van der Waals surface area contributed by atoms with E-state index < -0.39 is 10.0 Å². The highest BCUT2D eigenvalue weighted by molar-refractivity contribution is 7.92. The third-order valence-corrected chi connectivity index (χ3v) is 8.15. The summed E-state index contributed by atoms with van der Waals surface area (Å²) in [5.41, 5.74) is 0.338. The number of sulfonamides is 1. The van der Waals surface area contributed by atoms with Gasteiger partial charge in [0.2, 0.25) is 5.91 Å². The van der Waals surface area contributed by atoms with Crippen LogP contribution in [0.15, 0.2) is 53.4 Å². The Morgan fingerprint density at radius 1 is 1.03 bits per heavy atom. The van der Waals surface area contributed by atoms with Crippen LogP contribution in [0.4, 0.5) is 5.69 Å². The van der Waals surface area contributed by atoms with Crippen molar-refractivity contribution in [2.24, 2.45) is 11.8 Å². The zero-order chi connectivity index (χ0) is 22.0. The summed E-state index contributed by atoms with van der Waals surface area (Å²) >= 11 is 0. The lowest BCUT2D eigenvalue weighted by atomic mass is 9.95. The van der Waals surface area contributed by atoms with Crippen LogP contribution in [0.3, 0.4) is 0 Å². The summed E-state index contributed by atoms with van der Waals surface area (Å²) in [6, 6.07) is 13.1. The van der Waals surface area contributed by atoms with Crippen LogP contribution in [0.5, 0.6) is 11.5 Å². The lowest BCUT2D eigenvalue weighted by molar-refractivity contribution is -0.120. The fraction of sp³-hybridized carbons (Fsp3) is 0.435. The number of hydrogen-bond acceptors (Lipinski definition) is 5. The van der Waals surface area contributed by atoms with Gasteiger partial charge in [0.05, 0.1) is 24.8 Å². The second kappa shape index (κ2) is 8.78. The molecule has 2 aromatic carbocycles. The minimum absolute atomic E-state index is 0.123. The van der Waals surface area contributed by atoms with E-state index in [1.165, 1.54) is 32.8 Å². The Bertz CT molecular complexity index is 1040. The third-order valence-electron chi connectivity index (χ3n) is 6.36. The van der Waals surface area contributed by atoms with Gasteiger partial charge in [0.1, 0.15) is 6.54 Å². The Morgan fingerprint density at radius 3 is 2.39 bits per heavy atom. The van der Waals surface area contributed by atoms with E-state index in [4.69, 9.17) is 9.47 Å². The smallest absolute Gasteiger partial charge is 0.264 e. The minimum atomic E-state index is -3.96. The molecule has 0 saturated heterocycles. The number of carbonyl (C=O) groups excluding carboxylic acids is 1. The van der Waals surface area contributed by atoms with Crippen LogP contribution >= 0.6 is 0 Å². The number of methoxy groups -OCH3 is 2. The first-order valence-corrected chi connectivity index (χ1v) is 12.0. The molecular weight excluding hydrogens is 416 g/mol. The maximum Gasteiger partial charge on any atom is 0.264 e. The molecule has 1 N–H and O–H groups in total. The Labute approximate surface area is 183 Å². The number of benzene rings is 2. The first-order valence-electron chi connectivity index (χ1n) is 10.5. The quantitative estimate of drug-likeness (QED) is 0.676. The number of ether oxygens (including phenoxy) is 2. The van der Waals surface area contributed by atoms with Crippen LogP contribution in [0.2, 0.25) is 0 Å². The number of anilines is 1. The monoisotopic (exact) mass is 444 g/mol. The number of nitrogens with zero attached hydrogens (tertiary/aromatic N) is 1. The number of nitrogens with one attached hydrogen (secondary N) is 1. The minimum Gasteiger partial charge on any atom is -0.493 e. The van der Waals surface area contributed by atoms with Crippen LogP contribution in [0.1, 0.15) is 25.7 Å². The largest absolute Gasteiger partial charge is 0.493 e. The van der Waals surface area contributed by atoms with Crippen LogP contribution in [0.25, 0.3) is 0 Å². The van der Waals surface area contributed by atoms with Gasteiger partial charge in [0.25, 0.3) is 10.0 Å². The number of rotatable bonds is 8. The van der Waals surface area contributed by atoms with Crippen LogP contribution in [-0.2, 0) is 14.8 Å². The molecule has 0 heterocycles. The highest BCUT2D eigenvalue weighted by atomic mass is 32.2. The van der Waals surface area contributed by atoms with Gasteiger partial charge in [-0.3, -0.25) is 9.10 Å². The molecule has 2 bridgehead atoms. The summed E-state index contributed by atoms with van der Waals surface area (Å²) in [6.07, 6.45) is 4.51. The Morgan fingerprint density at radius 2 is 1.77 bits per heavy atom. The molecule has 0 unspecified atom stereocenters. The molecule has 31 heavy (non-hydrogen) atoms. The van der Waals surface area contributed by atoms with Gasteiger partial charge >= 0.3 is 0 Å². The maximum atomic E-state index is 13.5. The predicted molar refractivity (Wildman–Crippen MR) is 118 cm³/mol. The predicted octanol–water partition coefficient (Wildman–Crippen LogP) is 3.20. The molecule has 4 rings (SSSR count). The average molecular weight is 445 g/mol. The van der Waals surface area contributed by atoms with Gasteiger partial charge in [-0.1, -0.05) is 24.6 Å². The summed E-state index contributed by atoms with van der Waals surface area (Å²) in [5.74, 6) is 1.77. The molecule has 2 saturated carbocycles. The fourth-order valence-corrected chi connectivity index (χ4v) is 6.25. The summed E-state index contributed by atoms with van der Waals surface area (Å²) in [5, 5.41) is 3.08. The van der Waals surface area contributed by atoms with Gasteiger partial charge in [-0.25, -0.2) is 8.42 Å². The molecule has 166 valence electrons. The second-order valence-electron chi connectivity index (χ2n) is 8.21. The molecule has 2 fully saturated rings. The van der Waals surface area contributed by atoms with Gasteiger partial charge in [-0.05, 0) is 55.4 Å². The van der Waals surface area contributed by atoms with Gasteiger partial charge in [-0.15, -0.1) is 0 Å². The van der Waals surface area contributed by atoms with Gasteiger partial charge in [0.15, 0.2) is 11.5 Å². The highest BCUT2D eigenvalue weighted by Gasteiger charge is 2.40. The summed E-state index contributed by atoms with van der Waals surface area (Å²) in [7, 11) is -0.963. The Kier molecular flexibility index (Phi) is 6.09. The molecule has 8 heteroatoms. The Hall–Kier alpha value is -2.74. The zero-order valence-corrected chi connectivity index (χ0v) is 18.6. The fourth-order valence-electron chi connectivity index (χ4n) is 4.82. The number of carbonyl (C=O) groups is 1. The normalized spacial score (nSPS) is 22.2. The van der Waals surface area contributed by atoms with Crippen molar-refractivity contribution in [2.75, 3.05) is 25.1 Å². The van der Waals surface area contributed by atoms with Crippen molar-refractivity contribution in [3.8, 4) is 11.5 Å². The second-order valence-corrected chi connectivity index (χ2v) is 10.1. The van der Waals surface area contributed by atoms with E-state index in [2.05, 4.69) is 5.32 Å². The van der Waals surface area contributed by atoms with Crippen molar-refractivity contribution in [1.29, 1.82) is 0 Å². The maximum absolute atomic E-state index is 13.5. The Balaban J connectivity index is 1.63. The molecule has 7 nitrogen and oxygen atoms in total. The topological polar surface area (TPSA) is 84.9 Å². The first-order chi connectivity index (χ1) is 14.9. The van der Waals surface area contributed by atoms with Crippen LogP contribution in [-0.4, -0.2) is 41.1 Å². The van der Waals surface area contributed by atoms with E-state index in [9.17, 15) is 13.2 Å². The highest BCUT2D eigenvalue weighted by Crippen LogP contribution is 2.44. The van der Waals surface area contributed by atoms with Crippen molar-refractivity contribution < 1.29 is 22.7 Å². The molecule has 0 aliphatic heterocycles. The molecule has 2 aromatic rings. The van der Waals surface area contributed by atoms with Gasteiger partial charge in [-0.2, -0.15) is 0 Å². The van der Waals surface area contributed by atoms with E-state index >= 15 is 0 Å². The summed E-state index contributed by atoms with van der Waals surface area (Å²) in [4.78, 5) is 13.1. The molecule has 0 radical (unpaired) electrons. The van der Waals surface area contributed by atoms with Gasteiger partial charge in [0, 0.05) is 12.1 Å². The van der Waals surface area contributed by atoms with Crippen LogP contribution < -0.4 is 19.1 Å². The molecule has 3 atom stereocenters. The van der Waals surface area contributed by atoms with Crippen molar-refractivity contribution in [1.82, 2.24) is 5.32 Å². The third kappa shape index (κ3) is 4.35. The lowest BCUT2D eigenvalue weighted by Gasteiger charge is -2.27. The molecular formula is C23H28N2O5S. The van der Waals surface area contributed by atoms with Crippen molar-refractivity contribution >= 4 is 21.6 Å². The van der Waals surface area contributed by atoms with Gasteiger partial charge < -0.3 is 14.8 Å². The van der Waals surface area contributed by atoms with E-state index in [1.54, 1.807) is 36.4 Å². The summed E-state index contributed by atoms with van der Waals surface area (Å²) in [6.45, 7) is -0.305.